The molecule has 1 aromatic rings. The van der Waals surface area contributed by atoms with Crippen LogP contribution in [-0.4, -0.2) is 88.4 Å². The van der Waals surface area contributed by atoms with E-state index in [0.717, 1.165) is 45.8 Å². The minimum absolute atomic E-state index is 0.0197. The molecular formula is C15H25N5O3. The molecule has 1 amide bonds. The van der Waals surface area contributed by atoms with E-state index in [1.54, 1.807) is 12.4 Å². The fourth-order valence-corrected chi connectivity index (χ4v) is 3.48. The molecule has 0 bridgehead atoms. The monoisotopic (exact) mass is 323 g/mol. The molecule has 2 aliphatic rings. The molecule has 2 aliphatic heterocycles. The zero-order valence-corrected chi connectivity index (χ0v) is 13.4. The van der Waals surface area contributed by atoms with Crippen molar-refractivity contribution in [2.45, 2.75) is 13.0 Å². The maximum Gasteiger partial charge on any atom is 0.246 e. The SMILES string of the molecule is O=C(Cn1nccn1)N1C[C@H](CO)C[C@H](CN2CCOCC2)C1. The fourth-order valence-electron chi connectivity index (χ4n) is 3.48. The van der Waals surface area contributed by atoms with Crippen molar-refractivity contribution in [2.24, 2.45) is 11.8 Å². The Hall–Kier alpha value is -1.51. The average Bonchev–Trinajstić information content (AvgIpc) is 3.08. The van der Waals surface area contributed by atoms with Crippen LogP contribution in [0, 0.1) is 11.8 Å². The number of aromatic nitrogens is 3. The first kappa shape index (κ1) is 16.4. The molecule has 0 unspecified atom stereocenters. The number of ether oxygens (including phenoxy) is 1. The summed E-state index contributed by atoms with van der Waals surface area (Å²) in [5.41, 5.74) is 0. The smallest absolute Gasteiger partial charge is 0.246 e. The Bertz CT molecular complexity index is 489. The third-order valence-corrected chi connectivity index (χ3v) is 4.60. The Balaban J connectivity index is 1.57. The standard InChI is InChI=1S/C15H25N5O3/c21-12-14-7-13(8-18-3-5-23-6-4-18)9-19(10-14)15(22)11-20-16-1-2-17-20/h1-2,13-14,21H,3-12H2/t13-,14-/m1/s1. The van der Waals surface area contributed by atoms with Crippen molar-refractivity contribution in [3.63, 3.8) is 0 Å². The van der Waals surface area contributed by atoms with Gasteiger partial charge < -0.3 is 14.7 Å². The number of amides is 1. The van der Waals surface area contributed by atoms with Gasteiger partial charge >= 0.3 is 0 Å². The predicted molar refractivity (Wildman–Crippen MR) is 82.5 cm³/mol. The maximum atomic E-state index is 12.5. The van der Waals surface area contributed by atoms with E-state index >= 15 is 0 Å². The van der Waals surface area contributed by atoms with E-state index in [0.29, 0.717) is 12.5 Å². The molecule has 3 heterocycles. The summed E-state index contributed by atoms with van der Waals surface area (Å²) >= 11 is 0. The van der Waals surface area contributed by atoms with Gasteiger partial charge in [-0.3, -0.25) is 9.69 Å². The highest BCUT2D eigenvalue weighted by molar-refractivity contribution is 5.75. The van der Waals surface area contributed by atoms with Gasteiger partial charge in [-0.05, 0) is 18.3 Å². The third kappa shape index (κ3) is 4.49. The molecule has 3 rings (SSSR count). The van der Waals surface area contributed by atoms with Crippen LogP contribution in [0.5, 0.6) is 0 Å². The number of aliphatic hydroxyl groups excluding tert-OH is 1. The predicted octanol–water partition coefficient (Wildman–Crippen LogP) is -0.933. The number of rotatable bonds is 5. The first-order chi connectivity index (χ1) is 11.2. The van der Waals surface area contributed by atoms with Gasteiger partial charge in [0.1, 0.15) is 6.54 Å². The molecule has 0 spiro atoms. The second-order valence-electron chi connectivity index (χ2n) is 6.42. The molecule has 1 N–H and O–H groups in total. The summed E-state index contributed by atoms with van der Waals surface area (Å²) in [7, 11) is 0. The van der Waals surface area contributed by atoms with Crippen molar-refractivity contribution in [3.05, 3.63) is 12.4 Å². The van der Waals surface area contributed by atoms with Gasteiger partial charge in [0.05, 0.1) is 25.6 Å². The lowest BCUT2D eigenvalue weighted by atomic mass is 9.89. The summed E-state index contributed by atoms with van der Waals surface area (Å²) < 4.78 is 5.39. The second kappa shape index (κ2) is 7.85. The van der Waals surface area contributed by atoms with Gasteiger partial charge in [0.25, 0.3) is 0 Å². The largest absolute Gasteiger partial charge is 0.396 e. The summed E-state index contributed by atoms with van der Waals surface area (Å²) in [6, 6.07) is 0. The Morgan fingerprint density at radius 1 is 1.17 bits per heavy atom. The Kier molecular flexibility index (Phi) is 5.58. The van der Waals surface area contributed by atoms with E-state index in [1.165, 1.54) is 4.80 Å². The topological polar surface area (TPSA) is 83.7 Å². The molecule has 128 valence electrons. The Morgan fingerprint density at radius 2 is 1.87 bits per heavy atom. The molecule has 2 fully saturated rings. The lowest BCUT2D eigenvalue weighted by Gasteiger charge is -2.40. The van der Waals surface area contributed by atoms with Crippen LogP contribution >= 0.6 is 0 Å². The lowest BCUT2D eigenvalue weighted by Crippen LogP contribution is -2.50. The van der Waals surface area contributed by atoms with Gasteiger partial charge in [0, 0.05) is 39.3 Å². The van der Waals surface area contributed by atoms with Crippen molar-refractivity contribution in [2.75, 3.05) is 52.5 Å². The van der Waals surface area contributed by atoms with Crippen LogP contribution in [0.1, 0.15) is 6.42 Å². The molecule has 2 atom stereocenters. The second-order valence-corrected chi connectivity index (χ2v) is 6.42. The fraction of sp³-hybridized carbons (Fsp3) is 0.800. The molecule has 0 aromatic carbocycles. The molecule has 1 aromatic heterocycles. The van der Waals surface area contributed by atoms with Crippen LogP contribution in [-0.2, 0) is 16.1 Å². The summed E-state index contributed by atoms with van der Waals surface area (Å²) in [6.45, 7) is 6.08. The summed E-state index contributed by atoms with van der Waals surface area (Å²) in [5.74, 6) is 0.573. The zero-order valence-electron chi connectivity index (χ0n) is 13.4. The van der Waals surface area contributed by atoms with E-state index in [2.05, 4.69) is 15.1 Å². The number of aliphatic hydroxyl groups is 1. The van der Waals surface area contributed by atoms with Crippen molar-refractivity contribution < 1.29 is 14.6 Å². The number of nitrogens with zero attached hydrogens (tertiary/aromatic N) is 5. The normalized spacial score (nSPS) is 26.4. The summed E-state index contributed by atoms with van der Waals surface area (Å²) in [6.07, 6.45) is 4.11. The van der Waals surface area contributed by atoms with Gasteiger partial charge in [0.2, 0.25) is 5.91 Å². The molecule has 0 aliphatic carbocycles. The van der Waals surface area contributed by atoms with Gasteiger partial charge in [-0.25, -0.2) is 0 Å². The van der Waals surface area contributed by atoms with Crippen LogP contribution in [0.4, 0.5) is 0 Å². The van der Waals surface area contributed by atoms with Gasteiger partial charge in [0.15, 0.2) is 0 Å². The number of likely N-dealkylation sites (tertiary alicyclic amines) is 1. The Labute approximate surface area is 136 Å². The minimum Gasteiger partial charge on any atom is -0.396 e. The molecule has 8 nitrogen and oxygen atoms in total. The molecule has 0 saturated carbocycles. The van der Waals surface area contributed by atoms with Crippen LogP contribution in [0.25, 0.3) is 0 Å². The van der Waals surface area contributed by atoms with Crippen LogP contribution < -0.4 is 0 Å². The molecule has 0 radical (unpaired) electrons. The average molecular weight is 323 g/mol. The molecule has 2 saturated heterocycles. The quantitative estimate of drug-likeness (QED) is 0.753. The molecular weight excluding hydrogens is 298 g/mol. The van der Waals surface area contributed by atoms with E-state index in [9.17, 15) is 9.90 Å². The zero-order chi connectivity index (χ0) is 16.1. The maximum absolute atomic E-state index is 12.5. The van der Waals surface area contributed by atoms with Crippen LogP contribution in [0.15, 0.2) is 12.4 Å². The highest BCUT2D eigenvalue weighted by Gasteiger charge is 2.31. The first-order valence-electron chi connectivity index (χ1n) is 8.27. The number of hydrogen-bond donors (Lipinski definition) is 1. The van der Waals surface area contributed by atoms with Crippen molar-refractivity contribution >= 4 is 5.91 Å². The van der Waals surface area contributed by atoms with E-state index in [4.69, 9.17) is 4.74 Å². The highest BCUT2D eigenvalue weighted by atomic mass is 16.5. The van der Waals surface area contributed by atoms with Crippen molar-refractivity contribution in [1.29, 1.82) is 0 Å². The molecule has 23 heavy (non-hydrogen) atoms. The minimum atomic E-state index is 0.0197. The van der Waals surface area contributed by atoms with Crippen LogP contribution in [0.2, 0.25) is 0 Å². The Morgan fingerprint density at radius 3 is 2.57 bits per heavy atom. The third-order valence-electron chi connectivity index (χ3n) is 4.60. The first-order valence-corrected chi connectivity index (χ1v) is 8.27. The van der Waals surface area contributed by atoms with Crippen LogP contribution in [0.3, 0.4) is 0 Å². The van der Waals surface area contributed by atoms with E-state index in [1.807, 2.05) is 4.90 Å². The van der Waals surface area contributed by atoms with Gasteiger partial charge in [-0.15, -0.1) is 0 Å². The van der Waals surface area contributed by atoms with Gasteiger partial charge in [-0.2, -0.15) is 15.0 Å². The number of carbonyl (C=O) groups is 1. The van der Waals surface area contributed by atoms with Crippen molar-refractivity contribution in [3.8, 4) is 0 Å². The van der Waals surface area contributed by atoms with Crippen molar-refractivity contribution in [1.82, 2.24) is 24.8 Å². The van der Waals surface area contributed by atoms with Gasteiger partial charge in [-0.1, -0.05) is 0 Å². The van der Waals surface area contributed by atoms with E-state index in [-0.39, 0.29) is 25.0 Å². The van der Waals surface area contributed by atoms with E-state index < -0.39 is 0 Å². The lowest BCUT2D eigenvalue weighted by molar-refractivity contribution is -0.136. The summed E-state index contributed by atoms with van der Waals surface area (Å²) in [4.78, 5) is 18.1. The number of morpholine rings is 1. The molecule has 8 heteroatoms. The number of hydrogen-bond acceptors (Lipinski definition) is 6. The number of piperidine rings is 1. The summed E-state index contributed by atoms with van der Waals surface area (Å²) in [5, 5.41) is 17.5. The highest BCUT2D eigenvalue weighted by Crippen LogP contribution is 2.23. The number of carbonyl (C=O) groups excluding carboxylic acids is 1.